The summed E-state index contributed by atoms with van der Waals surface area (Å²) in [5, 5.41) is 0.939. The van der Waals surface area contributed by atoms with Gasteiger partial charge in [0.25, 0.3) is 0 Å². The van der Waals surface area contributed by atoms with Crippen LogP contribution < -0.4 is 0 Å². The Labute approximate surface area is 95.9 Å². The van der Waals surface area contributed by atoms with E-state index in [1.54, 1.807) is 0 Å². The van der Waals surface area contributed by atoms with Gasteiger partial charge in [0, 0.05) is 10.7 Å². The summed E-state index contributed by atoms with van der Waals surface area (Å²) in [5.41, 5.74) is 0.0770. The molecule has 0 heterocycles. The van der Waals surface area contributed by atoms with Crippen LogP contribution in [0.5, 0.6) is 0 Å². The lowest BCUT2D eigenvalue weighted by Crippen LogP contribution is -2.36. The van der Waals surface area contributed by atoms with Gasteiger partial charge >= 0.3 is 0 Å². The van der Waals surface area contributed by atoms with E-state index in [0.717, 1.165) is 11.8 Å². The summed E-state index contributed by atoms with van der Waals surface area (Å²) in [6, 6.07) is 0. The highest BCUT2D eigenvalue weighted by Crippen LogP contribution is 2.65. The van der Waals surface area contributed by atoms with Crippen LogP contribution in [0.1, 0.15) is 26.7 Å². The highest BCUT2D eigenvalue weighted by molar-refractivity contribution is 9.10. The predicted molar refractivity (Wildman–Crippen MR) is 60.5 cm³/mol. The smallest absolute Gasteiger partial charge is 0.153 e. The molecule has 0 N–H and O–H groups in total. The number of Topliss-reactive ketones (excluding diaryl/α,β-unsaturated/α-hetero) is 1. The van der Waals surface area contributed by atoms with Crippen LogP contribution in [-0.2, 0) is 4.79 Å². The van der Waals surface area contributed by atoms with Crippen LogP contribution in [0.15, 0.2) is 0 Å². The fourth-order valence-corrected chi connectivity index (χ4v) is 5.45. The third kappa shape index (κ3) is 0.956. The largest absolute Gasteiger partial charge is 0.298 e. The molecule has 0 unspecified atom stereocenters. The summed E-state index contributed by atoms with van der Waals surface area (Å²) >= 11 is 7.11. The quantitative estimate of drug-likeness (QED) is 0.680. The van der Waals surface area contributed by atoms with Crippen molar-refractivity contribution < 1.29 is 4.79 Å². The van der Waals surface area contributed by atoms with Crippen molar-refractivity contribution >= 4 is 37.6 Å². The summed E-state index contributed by atoms with van der Waals surface area (Å²) in [6.45, 7) is 4.39. The number of alkyl halides is 2. The first-order valence-electron chi connectivity index (χ1n) is 4.72. The van der Waals surface area contributed by atoms with Crippen molar-refractivity contribution in [1.82, 2.24) is 0 Å². The van der Waals surface area contributed by atoms with Crippen molar-refractivity contribution in [3.8, 4) is 0 Å². The monoisotopic (exact) mass is 308 g/mol. The number of carbonyl (C=O) groups excluding carboxylic acids is 1. The predicted octanol–water partition coefficient (Wildman–Crippen LogP) is 3.15. The molecule has 0 radical (unpaired) electrons. The van der Waals surface area contributed by atoms with Crippen LogP contribution in [0, 0.1) is 16.7 Å². The van der Waals surface area contributed by atoms with Gasteiger partial charge < -0.3 is 0 Å². The molecule has 0 saturated heterocycles. The number of hydrogen-bond acceptors (Lipinski definition) is 1. The molecule has 1 nitrogen and oxygen atoms in total. The number of halogens is 2. The normalized spacial score (nSPS) is 54.6. The Morgan fingerprint density at radius 3 is 2.46 bits per heavy atom. The van der Waals surface area contributed by atoms with E-state index in [9.17, 15) is 4.79 Å². The van der Waals surface area contributed by atoms with Gasteiger partial charge in [0.05, 0.1) is 4.83 Å². The number of carbonyl (C=O) groups is 1. The summed E-state index contributed by atoms with van der Waals surface area (Å²) in [5.74, 6) is 0.954. The van der Waals surface area contributed by atoms with Crippen molar-refractivity contribution in [2.24, 2.45) is 16.7 Å². The number of hydrogen-bond donors (Lipinski definition) is 0. The zero-order valence-electron chi connectivity index (χ0n) is 7.94. The molecule has 2 rings (SSSR count). The second-order valence-electron chi connectivity index (χ2n) is 4.79. The van der Waals surface area contributed by atoms with E-state index in [0.29, 0.717) is 11.7 Å². The molecule has 0 amide bonds. The van der Waals surface area contributed by atoms with Gasteiger partial charge in [0.15, 0.2) is 5.78 Å². The second-order valence-corrected chi connectivity index (χ2v) is 6.34. The van der Waals surface area contributed by atoms with Crippen molar-refractivity contribution in [1.29, 1.82) is 0 Å². The first kappa shape index (κ1) is 10.2. The Bertz CT molecular complexity index is 266. The average Bonchev–Trinajstić information content (AvgIpc) is 2.44. The van der Waals surface area contributed by atoms with E-state index in [2.05, 4.69) is 45.7 Å². The zero-order chi connectivity index (χ0) is 9.85. The van der Waals surface area contributed by atoms with Gasteiger partial charge in [-0.3, -0.25) is 4.79 Å². The van der Waals surface area contributed by atoms with Gasteiger partial charge in [-0.15, -0.1) is 0 Å². The van der Waals surface area contributed by atoms with Crippen molar-refractivity contribution in [2.45, 2.75) is 31.5 Å². The molecule has 2 aliphatic carbocycles. The summed E-state index contributed by atoms with van der Waals surface area (Å²) in [6.07, 6.45) is 2.26. The van der Waals surface area contributed by atoms with Gasteiger partial charge in [-0.2, -0.15) is 0 Å². The molecule has 3 heteroatoms. The van der Waals surface area contributed by atoms with Crippen LogP contribution in [0.2, 0.25) is 0 Å². The topological polar surface area (TPSA) is 17.1 Å². The Kier molecular flexibility index (Phi) is 2.20. The lowest BCUT2D eigenvalue weighted by molar-refractivity contribution is -0.127. The van der Waals surface area contributed by atoms with E-state index in [-0.39, 0.29) is 15.7 Å². The summed E-state index contributed by atoms with van der Waals surface area (Å²) < 4.78 is 0. The zero-order valence-corrected chi connectivity index (χ0v) is 11.1. The molecular weight excluding hydrogens is 296 g/mol. The van der Waals surface area contributed by atoms with E-state index in [1.165, 1.54) is 6.42 Å². The Morgan fingerprint density at radius 1 is 1.54 bits per heavy atom. The highest BCUT2D eigenvalue weighted by atomic mass is 79.9. The maximum Gasteiger partial charge on any atom is 0.153 e. The van der Waals surface area contributed by atoms with E-state index in [1.807, 2.05) is 0 Å². The van der Waals surface area contributed by atoms with Gasteiger partial charge in [-0.1, -0.05) is 45.7 Å². The molecule has 74 valence electrons. The minimum Gasteiger partial charge on any atom is -0.298 e. The summed E-state index contributed by atoms with van der Waals surface area (Å²) in [4.78, 5) is 12.1. The highest BCUT2D eigenvalue weighted by Gasteiger charge is 2.67. The maximum atomic E-state index is 12.0. The maximum absolute atomic E-state index is 12.0. The molecule has 0 aliphatic heterocycles. The number of fused-ring (bicyclic) bond motifs is 2. The van der Waals surface area contributed by atoms with Crippen LogP contribution >= 0.6 is 31.9 Å². The van der Waals surface area contributed by atoms with E-state index < -0.39 is 0 Å². The molecule has 0 spiro atoms. The third-order valence-electron chi connectivity index (χ3n) is 4.46. The molecule has 0 aromatic heterocycles. The molecular formula is C10H14Br2O. The molecule has 2 bridgehead atoms. The average molecular weight is 310 g/mol. The van der Waals surface area contributed by atoms with Crippen molar-refractivity contribution in [3.05, 3.63) is 0 Å². The molecule has 0 aromatic rings. The minimum absolute atomic E-state index is 0.0880. The van der Waals surface area contributed by atoms with Crippen LogP contribution in [0.3, 0.4) is 0 Å². The molecule has 2 aliphatic rings. The standard InChI is InChI=1S/C10H14Br2O/c1-9-4-3-6(7(12)8(9)13)10(9,2)5-11/h6-7H,3-5H2,1-2H3/t6-,7+,9-,10+/m0/s1. The molecule has 13 heavy (non-hydrogen) atoms. The van der Waals surface area contributed by atoms with Gasteiger partial charge in [0.1, 0.15) is 0 Å². The van der Waals surface area contributed by atoms with Crippen LogP contribution in [0.25, 0.3) is 0 Å². The number of ketones is 1. The molecule has 2 fully saturated rings. The molecule has 2 saturated carbocycles. The molecule has 4 atom stereocenters. The fraction of sp³-hybridized carbons (Fsp3) is 0.900. The lowest BCUT2D eigenvalue weighted by Gasteiger charge is -2.34. The van der Waals surface area contributed by atoms with Gasteiger partial charge in [-0.25, -0.2) is 0 Å². The Morgan fingerprint density at radius 2 is 2.15 bits per heavy atom. The van der Waals surface area contributed by atoms with Crippen LogP contribution in [-0.4, -0.2) is 15.9 Å². The van der Waals surface area contributed by atoms with E-state index in [4.69, 9.17) is 0 Å². The molecule has 0 aromatic carbocycles. The van der Waals surface area contributed by atoms with Crippen molar-refractivity contribution in [2.75, 3.05) is 5.33 Å². The minimum atomic E-state index is -0.0880. The fourth-order valence-electron chi connectivity index (χ4n) is 3.07. The Balaban J connectivity index is 2.49. The Hall–Kier alpha value is 0.630. The first-order chi connectivity index (χ1) is 5.97. The van der Waals surface area contributed by atoms with Gasteiger partial charge in [-0.05, 0) is 24.2 Å². The van der Waals surface area contributed by atoms with Gasteiger partial charge in [0.2, 0.25) is 0 Å². The van der Waals surface area contributed by atoms with E-state index >= 15 is 0 Å². The lowest BCUT2D eigenvalue weighted by atomic mass is 9.70. The third-order valence-corrected chi connectivity index (χ3v) is 6.68. The first-order valence-corrected chi connectivity index (χ1v) is 6.75. The number of rotatable bonds is 1. The SMILES string of the molecule is C[C@]12CC[C@@H]([C@@H](Br)C1=O)[C@@]2(C)CBr. The van der Waals surface area contributed by atoms with Crippen molar-refractivity contribution in [3.63, 3.8) is 0 Å². The van der Waals surface area contributed by atoms with Crippen LogP contribution in [0.4, 0.5) is 0 Å². The summed E-state index contributed by atoms with van der Waals surface area (Å²) in [7, 11) is 0. The second kappa shape index (κ2) is 2.82.